The Morgan fingerprint density at radius 2 is 2.24 bits per heavy atom. The van der Waals surface area contributed by atoms with Gasteiger partial charge in [-0.2, -0.15) is 5.10 Å². The molecule has 0 radical (unpaired) electrons. The maximum Gasteiger partial charge on any atom is 0.120 e. The van der Waals surface area contributed by atoms with Gasteiger partial charge >= 0.3 is 0 Å². The smallest absolute Gasteiger partial charge is 0.120 e. The molecule has 1 heterocycles. The van der Waals surface area contributed by atoms with E-state index >= 15 is 0 Å². The first kappa shape index (κ1) is 14.1. The average Bonchev–Trinajstić information content (AvgIpc) is 3.21. The van der Waals surface area contributed by atoms with E-state index in [9.17, 15) is 0 Å². The SMILES string of the molecule is CCc1nn(C)cc1C(NC)c1cccc(OC2CC2)c1. The topological polar surface area (TPSA) is 39.1 Å². The third-order valence-electron chi connectivity index (χ3n) is 3.89. The molecule has 1 atom stereocenters. The Kier molecular flexibility index (Phi) is 3.97. The highest BCUT2D eigenvalue weighted by molar-refractivity contribution is 5.38. The molecular formula is C17H23N3O. The van der Waals surface area contributed by atoms with E-state index in [2.05, 4.69) is 41.7 Å². The summed E-state index contributed by atoms with van der Waals surface area (Å²) in [6, 6.07) is 8.55. The molecule has 1 aromatic carbocycles. The molecule has 0 aliphatic heterocycles. The first-order chi connectivity index (χ1) is 10.2. The van der Waals surface area contributed by atoms with Gasteiger partial charge in [0.1, 0.15) is 5.75 Å². The third-order valence-corrected chi connectivity index (χ3v) is 3.89. The summed E-state index contributed by atoms with van der Waals surface area (Å²) in [5, 5.41) is 7.96. The van der Waals surface area contributed by atoms with Crippen molar-refractivity contribution in [2.24, 2.45) is 7.05 Å². The normalized spacial score (nSPS) is 16.0. The fraction of sp³-hybridized carbons (Fsp3) is 0.471. The third kappa shape index (κ3) is 3.10. The Labute approximate surface area is 126 Å². The maximum absolute atomic E-state index is 5.91. The molecule has 0 amide bonds. The van der Waals surface area contributed by atoms with E-state index in [1.54, 1.807) is 0 Å². The van der Waals surface area contributed by atoms with Crippen molar-refractivity contribution in [1.82, 2.24) is 15.1 Å². The lowest BCUT2D eigenvalue weighted by Crippen LogP contribution is -2.18. The largest absolute Gasteiger partial charge is 0.490 e. The number of nitrogens with one attached hydrogen (secondary N) is 1. The monoisotopic (exact) mass is 285 g/mol. The minimum absolute atomic E-state index is 0.149. The van der Waals surface area contributed by atoms with Crippen molar-refractivity contribution in [3.63, 3.8) is 0 Å². The zero-order valence-electron chi connectivity index (χ0n) is 13.0. The minimum Gasteiger partial charge on any atom is -0.490 e. The van der Waals surface area contributed by atoms with Crippen molar-refractivity contribution in [1.29, 1.82) is 0 Å². The Morgan fingerprint density at radius 3 is 2.90 bits per heavy atom. The number of aryl methyl sites for hydroxylation is 2. The minimum atomic E-state index is 0.149. The van der Waals surface area contributed by atoms with E-state index in [4.69, 9.17) is 4.74 Å². The van der Waals surface area contributed by atoms with Crippen molar-refractivity contribution in [3.05, 3.63) is 47.3 Å². The number of nitrogens with zero attached hydrogens (tertiary/aromatic N) is 2. The van der Waals surface area contributed by atoms with Crippen LogP contribution in [0.5, 0.6) is 5.75 Å². The van der Waals surface area contributed by atoms with Crippen LogP contribution in [0.2, 0.25) is 0 Å². The van der Waals surface area contributed by atoms with Crippen LogP contribution in [0.15, 0.2) is 30.5 Å². The summed E-state index contributed by atoms with van der Waals surface area (Å²) >= 11 is 0. The van der Waals surface area contributed by atoms with Crippen molar-refractivity contribution in [3.8, 4) is 5.75 Å². The van der Waals surface area contributed by atoms with E-state index in [0.717, 1.165) is 17.9 Å². The first-order valence-corrected chi connectivity index (χ1v) is 7.67. The Bertz CT molecular complexity index is 616. The maximum atomic E-state index is 5.91. The fourth-order valence-electron chi connectivity index (χ4n) is 2.72. The summed E-state index contributed by atoms with van der Waals surface area (Å²) in [6.45, 7) is 2.14. The number of hydrogen-bond acceptors (Lipinski definition) is 3. The molecular weight excluding hydrogens is 262 g/mol. The van der Waals surface area contributed by atoms with Crippen LogP contribution < -0.4 is 10.1 Å². The van der Waals surface area contributed by atoms with Crippen LogP contribution in [0.4, 0.5) is 0 Å². The summed E-state index contributed by atoms with van der Waals surface area (Å²) in [6.07, 6.45) is 5.84. The second-order valence-corrected chi connectivity index (χ2v) is 5.67. The molecule has 1 aromatic heterocycles. The van der Waals surface area contributed by atoms with Crippen LogP contribution >= 0.6 is 0 Å². The van der Waals surface area contributed by atoms with Crippen molar-refractivity contribution >= 4 is 0 Å². The molecule has 1 aliphatic rings. The molecule has 1 unspecified atom stereocenters. The summed E-state index contributed by atoms with van der Waals surface area (Å²) in [5.74, 6) is 0.970. The van der Waals surface area contributed by atoms with Crippen LogP contribution in [0.25, 0.3) is 0 Å². The Hall–Kier alpha value is -1.81. The number of ether oxygens (including phenoxy) is 1. The lowest BCUT2D eigenvalue weighted by molar-refractivity contribution is 0.302. The standard InChI is InChI=1S/C17H23N3O/c1-4-16-15(11-20(3)19-16)17(18-2)12-6-5-7-14(10-12)21-13-8-9-13/h5-7,10-11,13,17-18H,4,8-9H2,1-3H3. The van der Waals surface area contributed by atoms with Gasteiger partial charge in [-0.15, -0.1) is 0 Å². The predicted molar refractivity (Wildman–Crippen MR) is 83.6 cm³/mol. The summed E-state index contributed by atoms with van der Waals surface area (Å²) in [5.41, 5.74) is 3.61. The van der Waals surface area contributed by atoms with Crippen LogP contribution in [-0.4, -0.2) is 22.9 Å². The predicted octanol–water partition coefficient (Wildman–Crippen LogP) is 2.83. The van der Waals surface area contributed by atoms with Gasteiger partial charge < -0.3 is 10.1 Å². The quantitative estimate of drug-likeness (QED) is 0.887. The van der Waals surface area contributed by atoms with Crippen molar-refractivity contribution in [2.45, 2.75) is 38.3 Å². The van der Waals surface area contributed by atoms with Crippen LogP contribution in [0.3, 0.4) is 0 Å². The van der Waals surface area contributed by atoms with Gasteiger partial charge in [0, 0.05) is 18.8 Å². The molecule has 1 aliphatic carbocycles. The molecule has 1 saturated carbocycles. The summed E-state index contributed by atoms with van der Waals surface area (Å²) in [7, 11) is 3.97. The zero-order chi connectivity index (χ0) is 14.8. The van der Waals surface area contributed by atoms with E-state index < -0.39 is 0 Å². The second kappa shape index (κ2) is 5.90. The highest BCUT2D eigenvalue weighted by atomic mass is 16.5. The van der Waals surface area contributed by atoms with Crippen LogP contribution in [0, 0.1) is 0 Å². The van der Waals surface area contributed by atoms with E-state index in [-0.39, 0.29) is 6.04 Å². The van der Waals surface area contributed by atoms with Gasteiger partial charge in [0.2, 0.25) is 0 Å². The van der Waals surface area contributed by atoms with E-state index in [1.807, 2.05) is 24.8 Å². The Balaban J connectivity index is 1.91. The molecule has 1 fully saturated rings. The van der Waals surface area contributed by atoms with Crippen molar-refractivity contribution < 1.29 is 4.74 Å². The lowest BCUT2D eigenvalue weighted by Gasteiger charge is -2.17. The lowest BCUT2D eigenvalue weighted by atomic mass is 9.98. The number of hydrogen-bond donors (Lipinski definition) is 1. The molecule has 0 bridgehead atoms. The van der Waals surface area contributed by atoms with Crippen molar-refractivity contribution in [2.75, 3.05) is 7.05 Å². The molecule has 21 heavy (non-hydrogen) atoms. The van der Waals surface area contributed by atoms with E-state index in [1.165, 1.54) is 24.0 Å². The highest BCUT2D eigenvalue weighted by Crippen LogP contribution is 2.30. The summed E-state index contributed by atoms with van der Waals surface area (Å²) < 4.78 is 7.80. The molecule has 4 heteroatoms. The van der Waals surface area contributed by atoms with Gasteiger partial charge in [0.25, 0.3) is 0 Å². The number of benzene rings is 1. The molecule has 2 aromatic rings. The van der Waals surface area contributed by atoms with Gasteiger partial charge in [-0.1, -0.05) is 19.1 Å². The molecule has 4 nitrogen and oxygen atoms in total. The van der Waals surface area contributed by atoms with Crippen LogP contribution in [0.1, 0.15) is 42.6 Å². The Morgan fingerprint density at radius 1 is 1.43 bits per heavy atom. The molecule has 112 valence electrons. The summed E-state index contributed by atoms with van der Waals surface area (Å²) in [4.78, 5) is 0. The number of rotatable bonds is 6. The second-order valence-electron chi connectivity index (χ2n) is 5.67. The average molecular weight is 285 g/mol. The molecule has 0 saturated heterocycles. The van der Waals surface area contributed by atoms with Crippen LogP contribution in [-0.2, 0) is 13.5 Å². The molecule has 3 rings (SSSR count). The van der Waals surface area contributed by atoms with Gasteiger partial charge in [-0.05, 0) is 44.0 Å². The van der Waals surface area contributed by atoms with Gasteiger partial charge in [-0.25, -0.2) is 0 Å². The molecule has 1 N–H and O–H groups in total. The number of aromatic nitrogens is 2. The van der Waals surface area contributed by atoms with Gasteiger partial charge in [0.15, 0.2) is 0 Å². The van der Waals surface area contributed by atoms with E-state index in [0.29, 0.717) is 6.10 Å². The van der Waals surface area contributed by atoms with Gasteiger partial charge in [0.05, 0.1) is 17.8 Å². The fourth-order valence-corrected chi connectivity index (χ4v) is 2.72. The zero-order valence-corrected chi connectivity index (χ0v) is 13.0. The van der Waals surface area contributed by atoms with Gasteiger partial charge in [-0.3, -0.25) is 4.68 Å². The molecule has 0 spiro atoms. The highest BCUT2D eigenvalue weighted by Gasteiger charge is 2.24. The first-order valence-electron chi connectivity index (χ1n) is 7.67.